The number of nitrogens with zero attached hydrogens (tertiary/aromatic N) is 2. The molecule has 0 unspecified atom stereocenters. The van der Waals surface area contributed by atoms with Crippen LogP contribution in [0.15, 0.2) is 28.0 Å². The van der Waals surface area contributed by atoms with E-state index >= 15 is 0 Å². The highest BCUT2D eigenvalue weighted by Crippen LogP contribution is 2.29. The fraction of sp³-hybridized carbons (Fsp3) is 0.143. The number of hydrogen-bond donors (Lipinski definition) is 1. The quantitative estimate of drug-likeness (QED) is 0.777. The SMILES string of the molecule is Cc1nc(C)c(-c2csc(Nc3cc(F)cc(F)c3)n2)o1. The Morgan fingerprint density at radius 3 is 2.43 bits per heavy atom. The highest BCUT2D eigenvalue weighted by molar-refractivity contribution is 7.14. The summed E-state index contributed by atoms with van der Waals surface area (Å²) in [6, 6.07) is 3.22. The summed E-state index contributed by atoms with van der Waals surface area (Å²) in [7, 11) is 0. The molecule has 1 aromatic carbocycles. The minimum atomic E-state index is -0.643. The lowest BCUT2D eigenvalue weighted by atomic mass is 10.3. The zero-order valence-electron chi connectivity index (χ0n) is 11.3. The zero-order valence-corrected chi connectivity index (χ0v) is 12.1. The van der Waals surface area contributed by atoms with Gasteiger partial charge in [-0.05, 0) is 19.1 Å². The molecule has 0 amide bonds. The van der Waals surface area contributed by atoms with Gasteiger partial charge >= 0.3 is 0 Å². The fourth-order valence-electron chi connectivity index (χ4n) is 1.95. The number of benzene rings is 1. The van der Waals surface area contributed by atoms with Crippen LogP contribution < -0.4 is 5.32 Å². The lowest BCUT2D eigenvalue weighted by Crippen LogP contribution is -1.92. The average molecular weight is 307 g/mol. The first-order valence-electron chi connectivity index (χ1n) is 6.14. The molecule has 3 aromatic rings. The number of aryl methyl sites for hydroxylation is 2. The molecule has 0 atom stereocenters. The second-order valence-electron chi connectivity index (χ2n) is 4.47. The summed E-state index contributed by atoms with van der Waals surface area (Å²) in [4.78, 5) is 8.52. The first kappa shape index (κ1) is 13.7. The summed E-state index contributed by atoms with van der Waals surface area (Å²) < 4.78 is 31.8. The van der Waals surface area contributed by atoms with Crippen molar-refractivity contribution in [2.24, 2.45) is 0 Å². The van der Waals surface area contributed by atoms with E-state index in [1.807, 2.05) is 6.92 Å². The van der Waals surface area contributed by atoms with Gasteiger partial charge in [0.15, 0.2) is 16.8 Å². The molecule has 0 aliphatic rings. The maximum Gasteiger partial charge on any atom is 0.192 e. The summed E-state index contributed by atoms with van der Waals surface area (Å²) in [6.45, 7) is 3.60. The van der Waals surface area contributed by atoms with Crippen molar-refractivity contribution >= 4 is 22.2 Å². The van der Waals surface area contributed by atoms with E-state index in [-0.39, 0.29) is 0 Å². The van der Waals surface area contributed by atoms with Gasteiger partial charge in [0.1, 0.15) is 17.3 Å². The number of halogens is 2. The number of anilines is 2. The minimum Gasteiger partial charge on any atom is -0.439 e. The molecule has 108 valence electrons. The zero-order chi connectivity index (χ0) is 15.0. The van der Waals surface area contributed by atoms with Crippen molar-refractivity contribution in [2.45, 2.75) is 13.8 Å². The fourth-order valence-corrected chi connectivity index (χ4v) is 2.66. The Kier molecular flexibility index (Phi) is 3.42. The number of hydrogen-bond acceptors (Lipinski definition) is 5. The van der Waals surface area contributed by atoms with Gasteiger partial charge in [0, 0.05) is 24.1 Å². The van der Waals surface area contributed by atoms with Crippen LogP contribution in [0, 0.1) is 25.5 Å². The number of rotatable bonds is 3. The predicted octanol–water partition coefficient (Wildman–Crippen LogP) is 4.44. The molecule has 7 heteroatoms. The lowest BCUT2D eigenvalue weighted by Gasteiger charge is -2.02. The predicted molar refractivity (Wildman–Crippen MR) is 76.7 cm³/mol. The number of thiazole rings is 1. The molecule has 0 radical (unpaired) electrons. The van der Waals surface area contributed by atoms with Gasteiger partial charge in [0.05, 0.1) is 5.69 Å². The number of nitrogens with one attached hydrogen (secondary N) is 1. The first-order valence-corrected chi connectivity index (χ1v) is 7.02. The third-order valence-corrected chi connectivity index (χ3v) is 3.51. The van der Waals surface area contributed by atoms with E-state index in [4.69, 9.17) is 4.42 Å². The molecule has 0 saturated carbocycles. The van der Waals surface area contributed by atoms with E-state index in [0.717, 1.165) is 11.8 Å². The topological polar surface area (TPSA) is 51.0 Å². The molecule has 2 heterocycles. The van der Waals surface area contributed by atoms with Crippen LogP contribution in [0.4, 0.5) is 19.6 Å². The maximum absolute atomic E-state index is 13.1. The number of oxazole rings is 1. The monoisotopic (exact) mass is 307 g/mol. The molecule has 3 rings (SSSR count). The molecular weight excluding hydrogens is 296 g/mol. The Hall–Kier alpha value is -2.28. The van der Waals surface area contributed by atoms with Crippen LogP contribution in [-0.2, 0) is 0 Å². The van der Waals surface area contributed by atoms with Crippen molar-refractivity contribution in [1.29, 1.82) is 0 Å². The Balaban J connectivity index is 1.87. The third kappa shape index (κ3) is 2.92. The molecule has 1 N–H and O–H groups in total. The van der Waals surface area contributed by atoms with Crippen molar-refractivity contribution in [3.05, 3.63) is 46.8 Å². The van der Waals surface area contributed by atoms with Crippen LogP contribution >= 0.6 is 11.3 Å². The van der Waals surface area contributed by atoms with Gasteiger partial charge in [-0.3, -0.25) is 0 Å². The smallest absolute Gasteiger partial charge is 0.192 e. The van der Waals surface area contributed by atoms with Crippen LogP contribution in [0.25, 0.3) is 11.5 Å². The highest BCUT2D eigenvalue weighted by atomic mass is 32.1. The van der Waals surface area contributed by atoms with E-state index in [1.165, 1.54) is 23.5 Å². The second-order valence-corrected chi connectivity index (χ2v) is 5.33. The van der Waals surface area contributed by atoms with Crippen LogP contribution in [0.1, 0.15) is 11.6 Å². The molecule has 21 heavy (non-hydrogen) atoms. The van der Waals surface area contributed by atoms with Gasteiger partial charge < -0.3 is 9.73 Å². The first-order chi connectivity index (χ1) is 10.0. The molecule has 4 nitrogen and oxygen atoms in total. The molecule has 0 fully saturated rings. The molecule has 2 aromatic heterocycles. The lowest BCUT2D eigenvalue weighted by molar-refractivity contribution is 0.532. The van der Waals surface area contributed by atoms with Gasteiger partial charge in [-0.2, -0.15) is 0 Å². The molecule has 0 saturated heterocycles. The average Bonchev–Trinajstić information content (AvgIpc) is 2.94. The third-order valence-electron chi connectivity index (χ3n) is 2.75. The Bertz CT molecular complexity index is 777. The van der Waals surface area contributed by atoms with Gasteiger partial charge in [-0.15, -0.1) is 11.3 Å². The van der Waals surface area contributed by atoms with E-state index < -0.39 is 11.6 Å². The van der Waals surface area contributed by atoms with Crippen molar-refractivity contribution in [1.82, 2.24) is 9.97 Å². The van der Waals surface area contributed by atoms with Crippen LogP contribution in [0.3, 0.4) is 0 Å². The van der Waals surface area contributed by atoms with Crippen molar-refractivity contribution in [2.75, 3.05) is 5.32 Å². The molecule has 0 bridgehead atoms. The molecule has 0 aliphatic heterocycles. The van der Waals surface area contributed by atoms with Crippen LogP contribution in [-0.4, -0.2) is 9.97 Å². The van der Waals surface area contributed by atoms with Crippen molar-refractivity contribution in [3.8, 4) is 11.5 Å². The minimum absolute atomic E-state index is 0.305. The Labute approximate surface area is 123 Å². The summed E-state index contributed by atoms with van der Waals surface area (Å²) in [5, 5.41) is 5.18. The summed E-state index contributed by atoms with van der Waals surface area (Å²) in [5.74, 6) is -0.119. The van der Waals surface area contributed by atoms with E-state index in [9.17, 15) is 8.78 Å². The normalized spacial score (nSPS) is 10.9. The summed E-state index contributed by atoms with van der Waals surface area (Å²) in [6.07, 6.45) is 0. The largest absolute Gasteiger partial charge is 0.439 e. The molecule has 0 spiro atoms. The van der Waals surface area contributed by atoms with Crippen LogP contribution in [0.2, 0.25) is 0 Å². The highest BCUT2D eigenvalue weighted by Gasteiger charge is 2.13. The number of aromatic nitrogens is 2. The molecule has 0 aliphatic carbocycles. The van der Waals surface area contributed by atoms with Crippen molar-refractivity contribution in [3.63, 3.8) is 0 Å². The second kappa shape index (κ2) is 5.25. The van der Waals surface area contributed by atoms with Gasteiger partial charge in [-0.1, -0.05) is 0 Å². The van der Waals surface area contributed by atoms with Crippen molar-refractivity contribution < 1.29 is 13.2 Å². The van der Waals surface area contributed by atoms with E-state index in [1.54, 1.807) is 12.3 Å². The molecular formula is C14H11F2N3OS. The van der Waals surface area contributed by atoms with E-state index in [0.29, 0.717) is 28.2 Å². The van der Waals surface area contributed by atoms with Gasteiger partial charge in [0.2, 0.25) is 0 Å². The summed E-state index contributed by atoms with van der Waals surface area (Å²) in [5.41, 5.74) is 1.69. The van der Waals surface area contributed by atoms with Gasteiger partial charge in [0.25, 0.3) is 0 Å². The summed E-state index contributed by atoms with van der Waals surface area (Å²) >= 11 is 1.31. The van der Waals surface area contributed by atoms with Crippen LogP contribution in [0.5, 0.6) is 0 Å². The maximum atomic E-state index is 13.1. The Morgan fingerprint density at radius 2 is 1.81 bits per heavy atom. The standard InChI is InChI=1S/C14H11F2N3OS/c1-7-13(20-8(2)17-7)12-6-21-14(19-12)18-11-4-9(15)3-10(16)5-11/h3-6H,1-2H3,(H,18,19). The van der Waals surface area contributed by atoms with E-state index in [2.05, 4.69) is 15.3 Å². The van der Waals surface area contributed by atoms with Gasteiger partial charge in [-0.25, -0.2) is 18.7 Å². The Morgan fingerprint density at radius 1 is 1.10 bits per heavy atom.